The Labute approximate surface area is 128 Å². The lowest BCUT2D eigenvalue weighted by Crippen LogP contribution is -2.24. The molecule has 1 unspecified atom stereocenters. The molecule has 0 aromatic heterocycles. The van der Waals surface area contributed by atoms with Gasteiger partial charge in [0.25, 0.3) is 0 Å². The molecule has 2 aromatic rings. The molecule has 0 bridgehead atoms. The number of aliphatic hydroxyl groups is 1. The molecule has 1 N–H and O–H groups in total. The summed E-state index contributed by atoms with van der Waals surface area (Å²) in [5.74, 6) is -0.333. The number of benzene rings is 2. The van der Waals surface area contributed by atoms with Crippen LogP contribution in [0.4, 0.5) is 4.39 Å². The zero-order chi connectivity index (χ0) is 14.9. The molecule has 2 rings (SSSR count). The van der Waals surface area contributed by atoms with E-state index in [0.717, 1.165) is 5.56 Å². The second kappa shape index (κ2) is 5.72. The molecule has 1 nitrogen and oxygen atoms in total. The smallest absolute Gasteiger partial charge is 0.126 e. The van der Waals surface area contributed by atoms with Crippen LogP contribution in [-0.2, 0) is 12.0 Å². The summed E-state index contributed by atoms with van der Waals surface area (Å²) in [5.41, 5.74) is 0.565. The van der Waals surface area contributed by atoms with Gasteiger partial charge in [-0.1, -0.05) is 47.5 Å². The van der Waals surface area contributed by atoms with Crippen molar-refractivity contribution in [2.75, 3.05) is 0 Å². The lowest BCUT2D eigenvalue weighted by Gasteiger charge is -2.25. The topological polar surface area (TPSA) is 20.2 Å². The van der Waals surface area contributed by atoms with Crippen LogP contribution in [0.1, 0.15) is 23.6 Å². The van der Waals surface area contributed by atoms with E-state index >= 15 is 0 Å². The molecule has 0 radical (unpaired) electrons. The minimum Gasteiger partial charge on any atom is -0.385 e. The molecule has 0 spiro atoms. The molecule has 0 aliphatic carbocycles. The van der Waals surface area contributed by atoms with E-state index < -0.39 is 5.60 Å². The van der Waals surface area contributed by atoms with Crippen molar-refractivity contribution in [3.05, 3.63) is 69.0 Å². The Morgan fingerprint density at radius 2 is 1.90 bits per heavy atom. The van der Waals surface area contributed by atoms with Gasteiger partial charge in [-0.2, -0.15) is 0 Å². The van der Waals surface area contributed by atoms with E-state index in [-0.39, 0.29) is 12.2 Å². The van der Waals surface area contributed by atoms with Crippen LogP contribution in [0.25, 0.3) is 0 Å². The SMILES string of the molecule is Cc1ccc(C(C)(O)Cc2cccc(Cl)c2Cl)cc1F. The maximum atomic E-state index is 13.6. The van der Waals surface area contributed by atoms with E-state index in [4.69, 9.17) is 23.2 Å². The van der Waals surface area contributed by atoms with Gasteiger partial charge < -0.3 is 5.11 Å². The van der Waals surface area contributed by atoms with E-state index in [1.54, 1.807) is 44.2 Å². The molecular weight excluding hydrogens is 298 g/mol. The molecule has 0 amide bonds. The fourth-order valence-electron chi connectivity index (χ4n) is 2.09. The Balaban J connectivity index is 2.35. The Morgan fingerprint density at radius 3 is 2.55 bits per heavy atom. The molecular formula is C16H15Cl2FO. The van der Waals surface area contributed by atoms with Gasteiger partial charge in [-0.05, 0) is 42.7 Å². The Morgan fingerprint density at radius 1 is 1.20 bits per heavy atom. The molecule has 0 aliphatic rings. The Bertz CT molecular complexity index is 638. The van der Waals surface area contributed by atoms with Crippen LogP contribution in [0.5, 0.6) is 0 Å². The number of aryl methyl sites for hydroxylation is 1. The van der Waals surface area contributed by atoms with Crippen molar-refractivity contribution in [3.8, 4) is 0 Å². The first-order valence-electron chi connectivity index (χ1n) is 6.23. The van der Waals surface area contributed by atoms with Gasteiger partial charge in [-0.3, -0.25) is 0 Å². The van der Waals surface area contributed by atoms with Crippen molar-refractivity contribution in [3.63, 3.8) is 0 Å². The highest BCUT2D eigenvalue weighted by Crippen LogP contribution is 2.32. The lowest BCUT2D eigenvalue weighted by atomic mass is 9.88. The van der Waals surface area contributed by atoms with Gasteiger partial charge in [-0.15, -0.1) is 0 Å². The average Bonchev–Trinajstić information content (AvgIpc) is 2.38. The van der Waals surface area contributed by atoms with Gasteiger partial charge in [0.15, 0.2) is 0 Å². The standard InChI is InChI=1S/C16H15Cl2FO/c1-10-6-7-12(8-14(10)19)16(2,20)9-11-4-3-5-13(17)15(11)18/h3-8,20H,9H2,1-2H3. The van der Waals surface area contributed by atoms with Crippen molar-refractivity contribution in [1.29, 1.82) is 0 Å². The zero-order valence-electron chi connectivity index (χ0n) is 11.3. The van der Waals surface area contributed by atoms with Crippen molar-refractivity contribution < 1.29 is 9.50 Å². The van der Waals surface area contributed by atoms with E-state index in [9.17, 15) is 9.50 Å². The molecule has 2 aromatic carbocycles. The van der Waals surface area contributed by atoms with E-state index in [0.29, 0.717) is 21.2 Å². The molecule has 1 atom stereocenters. The van der Waals surface area contributed by atoms with Crippen LogP contribution in [0.2, 0.25) is 10.0 Å². The molecule has 0 saturated carbocycles. The maximum absolute atomic E-state index is 13.6. The zero-order valence-corrected chi connectivity index (χ0v) is 12.8. The van der Waals surface area contributed by atoms with Gasteiger partial charge in [-0.25, -0.2) is 4.39 Å². The number of rotatable bonds is 3. The van der Waals surface area contributed by atoms with E-state index in [1.165, 1.54) is 6.07 Å². The van der Waals surface area contributed by atoms with Gasteiger partial charge in [0.2, 0.25) is 0 Å². The summed E-state index contributed by atoms with van der Waals surface area (Å²) in [4.78, 5) is 0. The molecule has 0 saturated heterocycles. The van der Waals surface area contributed by atoms with Crippen molar-refractivity contribution in [2.45, 2.75) is 25.9 Å². The Kier molecular flexibility index (Phi) is 4.38. The second-order valence-electron chi connectivity index (χ2n) is 5.13. The van der Waals surface area contributed by atoms with Gasteiger partial charge in [0.1, 0.15) is 5.82 Å². The molecule has 106 valence electrons. The summed E-state index contributed by atoms with van der Waals surface area (Å²) in [6.45, 7) is 3.32. The summed E-state index contributed by atoms with van der Waals surface area (Å²) in [5, 5.41) is 11.5. The third kappa shape index (κ3) is 3.14. The van der Waals surface area contributed by atoms with Crippen LogP contribution in [0.3, 0.4) is 0 Å². The monoisotopic (exact) mass is 312 g/mol. The normalized spacial score (nSPS) is 14.1. The predicted octanol–water partition coefficient (Wildman–Crippen LogP) is 4.89. The van der Waals surface area contributed by atoms with E-state index in [1.807, 2.05) is 0 Å². The average molecular weight is 313 g/mol. The number of hydrogen-bond acceptors (Lipinski definition) is 1. The van der Waals surface area contributed by atoms with Crippen LogP contribution < -0.4 is 0 Å². The lowest BCUT2D eigenvalue weighted by molar-refractivity contribution is 0.0573. The van der Waals surface area contributed by atoms with Crippen molar-refractivity contribution in [1.82, 2.24) is 0 Å². The molecule has 4 heteroatoms. The predicted molar refractivity (Wildman–Crippen MR) is 80.9 cm³/mol. The minimum atomic E-state index is -1.22. The van der Waals surface area contributed by atoms with Crippen molar-refractivity contribution >= 4 is 23.2 Å². The van der Waals surface area contributed by atoms with Gasteiger partial charge >= 0.3 is 0 Å². The number of hydrogen-bond donors (Lipinski definition) is 1. The third-order valence-electron chi connectivity index (χ3n) is 3.36. The van der Waals surface area contributed by atoms with Crippen molar-refractivity contribution in [2.24, 2.45) is 0 Å². The van der Waals surface area contributed by atoms with Crippen LogP contribution in [0.15, 0.2) is 36.4 Å². The summed E-state index contributed by atoms with van der Waals surface area (Å²) < 4.78 is 13.6. The minimum absolute atomic E-state index is 0.259. The molecule has 20 heavy (non-hydrogen) atoms. The van der Waals surface area contributed by atoms with Crippen LogP contribution in [-0.4, -0.2) is 5.11 Å². The first-order valence-corrected chi connectivity index (χ1v) is 6.99. The van der Waals surface area contributed by atoms with Gasteiger partial charge in [0.05, 0.1) is 15.6 Å². The summed E-state index contributed by atoms with van der Waals surface area (Å²) in [6.07, 6.45) is 0.259. The highest BCUT2D eigenvalue weighted by molar-refractivity contribution is 6.42. The van der Waals surface area contributed by atoms with Crippen LogP contribution >= 0.6 is 23.2 Å². The highest BCUT2D eigenvalue weighted by Gasteiger charge is 2.25. The quantitative estimate of drug-likeness (QED) is 0.855. The van der Waals surface area contributed by atoms with E-state index in [2.05, 4.69) is 0 Å². The van der Waals surface area contributed by atoms with Gasteiger partial charge in [0, 0.05) is 6.42 Å². The Hall–Kier alpha value is -1.09. The number of halogens is 3. The first-order chi connectivity index (χ1) is 9.31. The fraction of sp³-hybridized carbons (Fsp3) is 0.250. The second-order valence-corrected chi connectivity index (χ2v) is 5.91. The third-order valence-corrected chi connectivity index (χ3v) is 4.22. The summed E-state index contributed by atoms with van der Waals surface area (Å²) in [6, 6.07) is 9.99. The summed E-state index contributed by atoms with van der Waals surface area (Å²) >= 11 is 12.1. The molecule has 0 aliphatic heterocycles. The highest BCUT2D eigenvalue weighted by atomic mass is 35.5. The summed E-state index contributed by atoms with van der Waals surface area (Å²) in [7, 11) is 0. The molecule has 0 heterocycles. The molecule has 0 fully saturated rings. The maximum Gasteiger partial charge on any atom is 0.126 e. The first kappa shape index (κ1) is 15.3. The fourth-order valence-corrected chi connectivity index (χ4v) is 2.47. The largest absolute Gasteiger partial charge is 0.385 e. The van der Waals surface area contributed by atoms with Crippen LogP contribution in [0, 0.1) is 12.7 Å².